The third-order valence-corrected chi connectivity index (χ3v) is 6.10. The molecule has 0 aromatic heterocycles. The molecule has 1 N–H and O–H groups in total. The lowest BCUT2D eigenvalue weighted by molar-refractivity contribution is -0.122. The second-order valence-corrected chi connectivity index (χ2v) is 8.27. The van der Waals surface area contributed by atoms with Gasteiger partial charge in [0.05, 0.1) is 6.04 Å². The fraction of sp³-hybridized carbons (Fsp3) is 0.435. The van der Waals surface area contributed by atoms with Gasteiger partial charge in [-0.1, -0.05) is 48.4 Å². The molecule has 4 rings (SSSR count). The number of carbonyl (C=O) groups is 1. The Labute approximate surface area is 166 Å². The standard InChI is InChI=1S/C23H26ClNO2/c24-18-11-8-17(9-12-18)10-13-22(26)25-20-16-23(14-4-1-5-15-23)27-21-7-3-2-6-19(20)21/h2-3,6-9,11-12,20H,1,4-5,10,13-16H2,(H,25,26)/t20-/m0/s1. The predicted octanol–water partition coefficient (Wildman–Crippen LogP) is 5.62. The number of fused-ring (bicyclic) bond motifs is 1. The first-order valence-electron chi connectivity index (χ1n) is 9.95. The molecule has 4 heteroatoms. The number of hydrogen-bond acceptors (Lipinski definition) is 2. The molecule has 2 aliphatic rings. The molecule has 0 radical (unpaired) electrons. The van der Waals surface area contributed by atoms with Crippen molar-refractivity contribution in [1.29, 1.82) is 0 Å². The van der Waals surface area contributed by atoms with Crippen LogP contribution in [0.4, 0.5) is 0 Å². The molecule has 27 heavy (non-hydrogen) atoms. The second-order valence-electron chi connectivity index (χ2n) is 7.83. The molecule has 0 saturated heterocycles. The second kappa shape index (κ2) is 7.93. The van der Waals surface area contributed by atoms with Gasteiger partial charge >= 0.3 is 0 Å². The normalized spacial score (nSPS) is 20.6. The number of aryl methyl sites for hydroxylation is 1. The largest absolute Gasteiger partial charge is 0.487 e. The third-order valence-electron chi connectivity index (χ3n) is 5.85. The molecule has 2 aromatic carbocycles. The Morgan fingerprint density at radius 2 is 1.81 bits per heavy atom. The van der Waals surface area contributed by atoms with Crippen LogP contribution in [-0.4, -0.2) is 11.5 Å². The van der Waals surface area contributed by atoms with E-state index in [4.69, 9.17) is 16.3 Å². The minimum absolute atomic E-state index is 0.0331. The number of nitrogens with one attached hydrogen (secondary N) is 1. The molecular weight excluding hydrogens is 358 g/mol. The van der Waals surface area contributed by atoms with Crippen molar-refractivity contribution in [3.63, 3.8) is 0 Å². The van der Waals surface area contributed by atoms with Crippen molar-refractivity contribution in [2.24, 2.45) is 0 Å². The average Bonchev–Trinajstić information content (AvgIpc) is 2.68. The number of rotatable bonds is 4. The van der Waals surface area contributed by atoms with E-state index in [0.717, 1.165) is 47.6 Å². The Morgan fingerprint density at radius 1 is 1.07 bits per heavy atom. The maximum Gasteiger partial charge on any atom is 0.220 e. The highest BCUT2D eigenvalue weighted by Gasteiger charge is 2.42. The Hall–Kier alpha value is -2.00. The fourth-order valence-electron chi connectivity index (χ4n) is 4.42. The van der Waals surface area contributed by atoms with Crippen LogP contribution in [-0.2, 0) is 11.2 Å². The smallest absolute Gasteiger partial charge is 0.220 e. The molecule has 3 nitrogen and oxygen atoms in total. The maximum absolute atomic E-state index is 12.7. The van der Waals surface area contributed by atoms with Crippen LogP contribution in [0.15, 0.2) is 48.5 Å². The van der Waals surface area contributed by atoms with Crippen molar-refractivity contribution in [1.82, 2.24) is 5.32 Å². The lowest BCUT2D eigenvalue weighted by Gasteiger charge is -2.44. The van der Waals surface area contributed by atoms with Crippen LogP contribution < -0.4 is 10.1 Å². The topological polar surface area (TPSA) is 38.3 Å². The van der Waals surface area contributed by atoms with Gasteiger partial charge in [-0.05, 0) is 55.9 Å². The molecular formula is C23H26ClNO2. The third kappa shape index (κ3) is 4.30. The number of para-hydroxylation sites is 1. The predicted molar refractivity (Wildman–Crippen MR) is 108 cm³/mol. The molecule has 1 atom stereocenters. The number of carbonyl (C=O) groups excluding carboxylic acids is 1. The lowest BCUT2D eigenvalue weighted by Crippen LogP contribution is -2.46. The zero-order valence-electron chi connectivity index (χ0n) is 15.5. The van der Waals surface area contributed by atoms with Gasteiger partial charge in [0.15, 0.2) is 0 Å². The Kier molecular flexibility index (Phi) is 5.40. The summed E-state index contributed by atoms with van der Waals surface area (Å²) in [5.41, 5.74) is 2.13. The highest BCUT2D eigenvalue weighted by molar-refractivity contribution is 6.30. The molecule has 1 aliphatic heterocycles. The minimum Gasteiger partial charge on any atom is -0.487 e. The van der Waals surface area contributed by atoms with E-state index in [1.165, 1.54) is 19.3 Å². The summed E-state index contributed by atoms with van der Waals surface area (Å²) >= 11 is 5.93. The number of ether oxygens (including phenoxy) is 1. The van der Waals surface area contributed by atoms with Crippen LogP contribution >= 0.6 is 11.6 Å². The Bertz CT molecular complexity index is 796. The lowest BCUT2D eigenvalue weighted by atomic mass is 9.77. The zero-order chi connectivity index (χ0) is 18.7. The maximum atomic E-state index is 12.7. The van der Waals surface area contributed by atoms with Crippen LogP contribution in [0.25, 0.3) is 0 Å². The van der Waals surface area contributed by atoms with Crippen molar-refractivity contribution >= 4 is 17.5 Å². The van der Waals surface area contributed by atoms with Crippen molar-refractivity contribution in [3.8, 4) is 5.75 Å². The highest BCUT2D eigenvalue weighted by Crippen LogP contribution is 2.46. The zero-order valence-corrected chi connectivity index (χ0v) is 16.3. The van der Waals surface area contributed by atoms with Gasteiger partial charge in [-0.25, -0.2) is 0 Å². The van der Waals surface area contributed by atoms with Crippen LogP contribution in [0.1, 0.15) is 62.1 Å². The molecule has 1 aliphatic carbocycles. The van der Waals surface area contributed by atoms with Crippen molar-refractivity contribution in [2.75, 3.05) is 0 Å². The van der Waals surface area contributed by atoms with Gasteiger partial charge < -0.3 is 10.1 Å². The van der Waals surface area contributed by atoms with Crippen molar-refractivity contribution < 1.29 is 9.53 Å². The summed E-state index contributed by atoms with van der Waals surface area (Å²) in [4.78, 5) is 12.7. The first kappa shape index (κ1) is 18.4. The Balaban J connectivity index is 1.44. The van der Waals surface area contributed by atoms with E-state index >= 15 is 0 Å². The molecule has 0 bridgehead atoms. The van der Waals surface area contributed by atoms with Gasteiger partial charge in [-0.3, -0.25) is 4.79 Å². The summed E-state index contributed by atoms with van der Waals surface area (Å²) in [5.74, 6) is 1.03. The quantitative estimate of drug-likeness (QED) is 0.744. The summed E-state index contributed by atoms with van der Waals surface area (Å²) in [6.45, 7) is 0. The summed E-state index contributed by atoms with van der Waals surface area (Å²) in [6.07, 6.45) is 7.94. The number of halogens is 1. The first-order valence-corrected chi connectivity index (χ1v) is 10.3. The van der Waals surface area contributed by atoms with Crippen LogP contribution in [0.3, 0.4) is 0 Å². The van der Waals surface area contributed by atoms with Gasteiger partial charge in [0.1, 0.15) is 11.4 Å². The molecule has 1 amide bonds. The monoisotopic (exact) mass is 383 g/mol. The highest BCUT2D eigenvalue weighted by atomic mass is 35.5. The van der Waals surface area contributed by atoms with E-state index in [1.54, 1.807) is 0 Å². The average molecular weight is 384 g/mol. The van der Waals surface area contributed by atoms with Crippen molar-refractivity contribution in [2.45, 2.75) is 63.0 Å². The van der Waals surface area contributed by atoms with E-state index in [-0.39, 0.29) is 17.6 Å². The molecule has 142 valence electrons. The molecule has 0 unspecified atom stereocenters. The molecule has 1 heterocycles. The first-order chi connectivity index (χ1) is 13.1. The number of benzene rings is 2. The van der Waals surface area contributed by atoms with Crippen LogP contribution in [0.5, 0.6) is 5.75 Å². The van der Waals surface area contributed by atoms with Crippen LogP contribution in [0, 0.1) is 0 Å². The van der Waals surface area contributed by atoms with Crippen molar-refractivity contribution in [3.05, 3.63) is 64.7 Å². The van der Waals surface area contributed by atoms with E-state index < -0.39 is 0 Å². The van der Waals surface area contributed by atoms with Gasteiger partial charge in [0.25, 0.3) is 0 Å². The van der Waals surface area contributed by atoms with Gasteiger partial charge in [-0.15, -0.1) is 0 Å². The summed E-state index contributed by atoms with van der Waals surface area (Å²) in [6, 6.07) is 15.9. The summed E-state index contributed by atoms with van der Waals surface area (Å²) < 4.78 is 6.45. The number of amides is 1. The van der Waals surface area contributed by atoms with Crippen LogP contribution in [0.2, 0.25) is 5.02 Å². The summed E-state index contributed by atoms with van der Waals surface area (Å²) in [7, 11) is 0. The van der Waals surface area contributed by atoms with E-state index in [9.17, 15) is 4.79 Å². The number of hydrogen-bond donors (Lipinski definition) is 1. The molecule has 1 saturated carbocycles. The molecule has 1 fully saturated rings. The van der Waals surface area contributed by atoms with E-state index in [2.05, 4.69) is 11.4 Å². The fourth-order valence-corrected chi connectivity index (χ4v) is 4.55. The summed E-state index contributed by atoms with van der Waals surface area (Å²) in [5, 5.41) is 4.01. The Morgan fingerprint density at radius 3 is 2.59 bits per heavy atom. The molecule has 1 spiro atoms. The van der Waals surface area contributed by atoms with Gasteiger partial charge in [0.2, 0.25) is 5.91 Å². The van der Waals surface area contributed by atoms with E-state index in [0.29, 0.717) is 6.42 Å². The van der Waals surface area contributed by atoms with Gasteiger partial charge in [-0.2, -0.15) is 0 Å². The molecule has 2 aromatic rings. The minimum atomic E-state index is -0.110. The van der Waals surface area contributed by atoms with Gasteiger partial charge in [0, 0.05) is 23.4 Å². The van der Waals surface area contributed by atoms with E-state index in [1.807, 2.05) is 42.5 Å². The SMILES string of the molecule is O=C(CCc1ccc(Cl)cc1)N[C@H]1CC2(CCCCC2)Oc2ccccc21.